The Labute approximate surface area is 181 Å². The predicted octanol–water partition coefficient (Wildman–Crippen LogP) is 6.26. The molecule has 1 N–H and O–H groups in total. The smallest absolute Gasteiger partial charge is 0.311 e. The number of ether oxygens (including phenoxy) is 1. The minimum atomic E-state index is -0.488. The molecule has 4 aromatic rings. The highest BCUT2D eigenvalue weighted by molar-refractivity contribution is 6.42. The van der Waals surface area contributed by atoms with E-state index in [2.05, 4.69) is 15.5 Å². The van der Waals surface area contributed by atoms with Gasteiger partial charge in [0.25, 0.3) is 0 Å². The van der Waals surface area contributed by atoms with Gasteiger partial charge in [-0.1, -0.05) is 47.5 Å². The Morgan fingerprint density at radius 2 is 1.73 bits per heavy atom. The lowest BCUT2D eigenvalue weighted by Crippen LogP contribution is -2.00. The van der Waals surface area contributed by atoms with Crippen LogP contribution in [0.2, 0.25) is 10.0 Å². The van der Waals surface area contributed by atoms with Crippen LogP contribution in [0.5, 0.6) is 5.75 Å². The van der Waals surface area contributed by atoms with Crippen molar-refractivity contribution >= 4 is 51.2 Å². The van der Waals surface area contributed by atoms with Crippen LogP contribution in [0.3, 0.4) is 0 Å². The van der Waals surface area contributed by atoms with Gasteiger partial charge in [-0.3, -0.25) is 10.1 Å². The monoisotopic (exact) mass is 440 g/mol. The van der Waals surface area contributed by atoms with Crippen molar-refractivity contribution in [2.24, 2.45) is 0 Å². The van der Waals surface area contributed by atoms with Crippen molar-refractivity contribution in [3.8, 4) is 17.0 Å². The van der Waals surface area contributed by atoms with Crippen LogP contribution in [0.15, 0.2) is 60.7 Å². The van der Waals surface area contributed by atoms with E-state index in [4.69, 9.17) is 27.9 Å². The maximum absolute atomic E-state index is 11.4. The van der Waals surface area contributed by atoms with Gasteiger partial charge in [0.05, 0.1) is 22.1 Å². The number of aromatic nitrogens is 2. The lowest BCUT2D eigenvalue weighted by molar-refractivity contribution is -0.385. The molecule has 30 heavy (non-hydrogen) atoms. The van der Waals surface area contributed by atoms with Crippen LogP contribution in [0.1, 0.15) is 0 Å². The Morgan fingerprint density at radius 3 is 2.43 bits per heavy atom. The SMILES string of the molecule is COc1ccc(-c2nnc(Nc3ccc(Cl)c(Cl)c3)c3ccccc23)cc1[N+](=O)[O-]. The average Bonchev–Trinajstić information content (AvgIpc) is 2.76. The summed E-state index contributed by atoms with van der Waals surface area (Å²) in [6.07, 6.45) is 0. The first-order valence-electron chi connectivity index (χ1n) is 8.78. The highest BCUT2D eigenvalue weighted by Crippen LogP contribution is 2.36. The van der Waals surface area contributed by atoms with Crippen molar-refractivity contribution in [3.05, 3.63) is 80.8 Å². The summed E-state index contributed by atoms with van der Waals surface area (Å²) in [6.45, 7) is 0. The van der Waals surface area contributed by atoms with E-state index in [0.29, 0.717) is 32.8 Å². The molecule has 150 valence electrons. The molecule has 0 saturated carbocycles. The molecule has 0 spiro atoms. The molecule has 4 rings (SSSR count). The number of anilines is 2. The van der Waals surface area contributed by atoms with Gasteiger partial charge in [-0.2, -0.15) is 0 Å². The fraction of sp³-hybridized carbons (Fsp3) is 0.0476. The van der Waals surface area contributed by atoms with Crippen molar-refractivity contribution in [2.75, 3.05) is 12.4 Å². The Hall–Kier alpha value is -3.42. The van der Waals surface area contributed by atoms with Gasteiger partial charge in [-0.15, -0.1) is 10.2 Å². The highest BCUT2D eigenvalue weighted by atomic mass is 35.5. The van der Waals surface area contributed by atoms with E-state index in [1.54, 1.807) is 30.3 Å². The van der Waals surface area contributed by atoms with Crippen LogP contribution in [-0.4, -0.2) is 22.2 Å². The molecule has 1 heterocycles. The zero-order chi connectivity index (χ0) is 21.3. The van der Waals surface area contributed by atoms with Gasteiger partial charge in [0.15, 0.2) is 11.6 Å². The molecule has 0 aliphatic carbocycles. The molecule has 0 aliphatic rings. The van der Waals surface area contributed by atoms with Crippen molar-refractivity contribution in [1.82, 2.24) is 10.2 Å². The molecule has 3 aromatic carbocycles. The molecule has 0 bridgehead atoms. The number of hydrogen-bond donors (Lipinski definition) is 1. The van der Waals surface area contributed by atoms with Crippen LogP contribution in [0.4, 0.5) is 17.2 Å². The topological polar surface area (TPSA) is 90.2 Å². The van der Waals surface area contributed by atoms with Gasteiger partial charge >= 0.3 is 5.69 Å². The Kier molecular flexibility index (Phi) is 5.39. The van der Waals surface area contributed by atoms with Crippen molar-refractivity contribution < 1.29 is 9.66 Å². The third kappa shape index (κ3) is 3.72. The zero-order valence-corrected chi connectivity index (χ0v) is 17.1. The number of benzene rings is 3. The predicted molar refractivity (Wildman–Crippen MR) is 118 cm³/mol. The summed E-state index contributed by atoms with van der Waals surface area (Å²) in [5.74, 6) is 0.703. The highest BCUT2D eigenvalue weighted by Gasteiger charge is 2.18. The minimum Gasteiger partial charge on any atom is -0.490 e. The maximum atomic E-state index is 11.4. The number of methoxy groups -OCH3 is 1. The summed E-state index contributed by atoms with van der Waals surface area (Å²) in [5, 5.41) is 25.7. The van der Waals surface area contributed by atoms with Gasteiger partial charge < -0.3 is 10.1 Å². The van der Waals surface area contributed by atoms with Crippen molar-refractivity contribution in [3.63, 3.8) is 0 Å². The first-order chi connectivity index (χ1) is 14.5. The largest absolute Gasteiger partial charge is 0.490 e. The molecule has 7 nitrogen and oxygen atoms in total. The second kappa shape index (κ2) is 8.14. The fourth-order valence-electron chi connectivity index (χ4n) is 3.10. The van der Waals surface area contributed by atoms with E-state index in [1.165, 1.54) is 13.2 Å². The van der Waals surface area contributed by atoms with E-state index >= 15 is 0 Å². The maximum Gasteiger partial charge on any atom is 0.311 e. The molecule has 0 aliphatic heterocycles. The fourth-order valence-corrected chi connectivity index (χ4v) is 3.40. The Balaban J connectivity index is 1.82. The quantitative estimate of drug-likeness (QED) is 0.290. The average molecular weight is 441 g/mol. The molecule has 0 amide bonds. The third-order valence-corrected chi connectivity index (χ3v) is 5.26. The van der Waals surface area contributed by atoms with E-state index in [9.17, 15) is 10.1 Å². The first kappa shape index (κ1) is 19.9. The van der Waals surface area contributed by atoms with Crippen LogP contribution >= 0.6 is 23.2 Å². The van der Waals surface area contributed by atoms with E-state index in [0.717, 1.165) is 10.8 Å². The van der Waals surface area contributed by atoms with Gasteiger partial charge in [0, 0.05) is 28.1 Å². The number of halogens is 2. The number of nitro groups is 1. The minimum absolute atomic E-state index is 0.140. The standard InChI is InChI=1S/C21H14Cl2N4O3/c1-30-19-9-6-12(10-18(19)27(28)29)20-14-4-2-3-5-15(14)21(26-25-20)24-13-7-8-16(22)17(23)11-13/h2-11H,1H3,(H,24,26). The van der Waals surface area contributed by atoms with E-state index in [1.807, 2.05) is 24.3 Å². The van der Waals surface area contributed by atoms with Crippen LogP contribution in [-0.2, 0) is 0 Å². The second-order valence-corrected chi connectivity index (χ2v) is 7.15. The van der Waals surface area contributed by atoms with E-state index < -0.39 is 4.92 Å². The normalized spacial score (nSPS) is 10.8. The summed E-state index contributed by atoms with van der Waals surface area (Å²) in [7, 11) is 1.39. The van der Waals surface area contributed by atoms with Gasteiger partial charge in [0.2, 0.25) is 0 Å². The van der Waals surface area contributed by atoms with Crippen LogP contribution in [0.25, 0.3) is 22.0 Å². The molecular formula is C21H14Cl2N4O3. The number of hydrogen-bond acceptors (Lipinski definition) is 6. The molecule has 0 unspecified atom stereocenters. The third-order valence-electron chi connectivity index (χ3n) is 4.52. The van der Waals surface area contributed by atoms with Crippen LogP contribution in [0, 0.1) is 10.1 Å². The molecule has 9 heteroatoms. The Bertz CT molecular complexity index is 1280. The number of nitrogens with zero attached hydrogens (tertiary/aromatic N) is 3. The molecular weight excluding hydrogens is 427 g/mol. The lowest BCUT2D eigenvalue weighted by atomic mass is 10.0. The van der Waals surface area contributed by atoms with Gasteiger partial charge in [-0.25, -0.2) is 0 Å². The number of fused-ring (bicyclic) bond motifs is 1. The molecule has 1 aromatic heterocycles. The summed E-state index contributed by atoms with van der Waals surface area (Å²) >= 11 is 12.1. The van der Waals surface area contributed by atoms with Crippen LogP contribution < -0.4 is 10.1 Å². The van der Waals surface area contributed by atoms with E-state index in [-0.39, 0.29) is 11.4 Å². The molecule has 0 saturated heterocycles. The van der Waals surface area contributed by atoms with Crippen molar-refractivity contribution in [2.45, 2.75) is 0 Å². The molecule has 0 fully saturated rings. The Morgan fingerprint density at radius 1 is 0.967 bits per heavy atom. The van der Waals surface area contributed by atoms with Gasteiger partial charge in [-0.05, 0) is 30.3 Å². The summed E-state index contributed by atoms with van der Waals surface area (Å²) in [6, 6.07) is 17.4. The van der Waals surface area contributed by atoms with Crippen molar-refractivity contribution in [1.29, 1.82) is 0 Å². The lowest BCUT2D eigenvalue weighted by Gasteiger charge is -2.12. The molecule has 0 radical (unpaired) electrons. The van der Waals surface area contributed by atoms with Gasteiger partial charge in [0.1, 0.15) is 5.69 Å². The molecule has 0 atom stereocenters. The summed E-state index contributed by atoms with van der Waals surface area (Å²) in [5.41, 5.74) is 1.65. The summed E-state index contributed by atoms with van der Waals surface area (Å²) in [4.78, 5) is 10.9. The number of nitrogens with one attached hydrogen (secondary N) is 1. The first-order valence-corrected chi connectivity index (χ1v) is 9.54. The zero-order valence-electron chi connectivity index (χ0n) is 15.6. The number of rotatable bonds is 5. The number of nitro benzene ring substituents is 1. The summed E-state index contributed by atoms with van der Waals surface area (Å²) < 4.78 is 5.08. The second-order valence-electron chi connectivity index (χ2n) is 6.34.